The fourth-order valence-electron chi connectivity index (χ4n) is 4.97. The molecular formula is C31H46N4O5S2. The lowest BCUT2D eigenvalue weighted by Crippen LogP contribution is -2.54. The van der Waals surface area contributed by atoms with Crippen molar-refractivity contribution >= 4 is 44.3 Å². The number of fused-ring (bicyclic) bond motifs is 1. The van der Waals surface area contributed by atoms with Gasteiger partial charge in [-0.1, -0.05) is 44.2 Å². The molecule has 2 aliphatic rings. The minimum Gasteiger partial charge on any atom is -0.508 e. The summed E-state index contributed by atoms with van der Waals surface area (Å²) in [6.45, 7) is 6.63. The zero-order valence-electron chi connectivity index (χ0n) is 26.0. The van der Waals surface area contributed by atoms with Crippen LogP contribution in [0.3, 0.4) is 0 Å². The van der Waals surface area contributed by atoms with Gasteiger partial charge in [-0.2, -0.15) is 4.99 Å². The first-order chi connectivity index (χ1) is 20.0. The molecule has 2 aliphatic heterocycles. The molecule has 4 rings (SSSR count). The molecule has 0 bridgehead atoms. The Hall–Kier alpha value is -2.86. The van der Waals surface area contributed by atoms with Gasteiger partial charge >= 0.3 is 0 Å². The van der Waals surface area contributed by atoms with Gasteiger partial charge in [-0.25, -0.2) is 15.0 Å². The van der Waals surface area contributed by atoms with Crippen LogP contribution >= 0.6 is 21.8 Å². The number of nitrogens with two attached hydrogens (primary N) is 1. The lowest BCUT2D eigenvalue weighted by Gasteiger charge is -2.70. The summed E-state index contributed by atoms with van der Waals surface area (Å²) in [6.07, 6.45) is 7.56. The van der Waals surface area contributed by atoms with E-state index < -0.39 is 0 Å². The van der Waals surface area contributed by atoms with Crippen LogP contribution in [0.15, 0.2) is 63.5 Å². The first-order valence-corrected chi connectivity index (χ1v) is 17.1. The number of aromatic hydroxyl groups is 1. The van der Waals surface area contributed by atoms with Crippen LogP contribution < -0.4 is 10.5 Å². The SMILES string of the molecule is CC(=O)N=C(N)c1ccccc1.CC1CC2CC(C)S12C.CN=C(/C(=N/COCOC)SC)c1cc(O)cc(OC)c1. The molecule has 2 saturated heterocycles. The number of phenolic OH excluding ortho intramolecular Hbond substituents is 1. The van der Waals surface area contributed by atoms with Crippen LogP contribution in [0.5, 0.6) is 11.5 Å². The van der Waals surface area contributed by atoms with Gasteiger partial charge in [-0.15, -0.1) is 11.8 Å². The molecule has 42 heavy (non-hydrogen) atoms. The average molecular weight is 619 g/mol. The van der Waals surface area contributed by atoms with E-state index in [0.29, 0.717) is 16.5 Å². The number of amides is 1. The molecule has 0 radical (unpaired) electrons. The minimum absolute atomic E-state index is 0.0370. The maximum absolute atomic E-state index is 10.6. The summed E-state index contributed by atoms with van der Waals surface area (Å²) in [5.41, 5.74) is 7.69. The van der Waals surface area contributed by atoms with Gasteiger partial charge in [0.2, 0.25) is 5.91 Å². The zero-order valence-corrected chi connectivity index (χ0v) is 27.6. The van der Waals surface area contributed by atoms with E-state index >= 15 is 0 Å². The number of phenols is 1. The van der Waals surface area contributed by atoms with Crippen LogP contribution in [0.4, 0.5) is 0 Å². The highest BCUT2D eigenvalue weighted by Crippen LogP contribution is 2.77. The van der Waals surface area contributed by atoms with E-state index in [1.165, 1.54) is 30.0 Å². The zero-order chi connectivity index (χ0) is 31.3. The maximum Gasteiger partial charge on any atom is 0.244 e. The van der Waals surface area contributed by atoms with Crippen LogP contribution in [-0.2, 0) is 14.3 Å². The van der Waals surface area contributed by atoms with E-state index in [1.54, 1.807) is 46.2 Å². The summed E-state index contributed by atoms with van der Waals surface area (Å²) in [5.74, 6) is 0.656. The average Bonchev–Trinajstić information content (AvgIpc) is 2.98. The molecular weight excluding hydrogens is 572 g/mol. The molecule has 0 saturated carbocycles. The topological polar surface area (TPSA) is 128 Å². The highest BCUT2D eigenvalue weighted by atomic mass is 32.3. The Bertz CT molecular complexity index is 1230. The van der Waals surface area contributed by atoms with Crippen LogP contribution in [0.1, 0.15) is 44.7 Å². The van der Waals surface area contributed by atoms with E-state index in [9.17, 15) is 9.90 Å². The maximum atomic E-state index is 10.6. The van der Waals surface area contributed by atoms with Crippen molar-refractivity contribution in [3.8, 4) is 11.5 Å². The fourth-order valence-corrected chi connectivity index (χ4v) is 9.64. The Labute approximate surface area is 256 Å². The number of aliphatic imine (C=N–C) groups is 3. The van der Waals surface area contributed by atoms with Crippen LogP contribution in [0.25, 0.3) is 0 Å². The van der Waals surface area contributed by atoms with Crippen LogP contribution in [0, 0.1) is 0 Å². The molecule has 3 N–H and O–H groups in total. The number of carbonyl (C=O) groups excluding carboxylic acids is 1. The molecule has 0 aromatic heterocycles. The minimum atomic E-state index is -0.281. The van der Waals surface area contributed by atoms with E-state index in [0.717, 1.165) is 21.6 Å². The molecule has 0 spiro atoms. The second kappa shape index (κ2) is 17.3. The third kappa shape index (κ3) is 9.58. The second-order valence-corrected chi connectivity index (χ2v) is 15.4. The van der Waals surface area contributed by atoms with Crippen molar-refractivity contribution in [1.82, 2.24) is 0 Å². The molecule has 11 heteroatoms. The van der Waals surface area contributed by atoms with Gasteiger partial charge in [0, 0.05) is 38.3 Å². The van der Waals surface area contributed by atoms with Crippen molar-refractivity contribution in [2.75, 3.05) is 47.3 Å². The van der Waals surface area contributed by atoms with Gasteiger partial charge in [0.05, 0.1) is 12.8 Å². The number of ether oxygens (including phenoxy) is 3. The molecule has 2 atom stereocenters. The number of methoxy groups -OCH3 is 2. The Kier molecular flexibility index (Phi) is 14.6. The summed E-state index contributed by atoms with van der Waals surface area (Å²) in [5, 5.41) is 13.9. The first kappa shape index (κ1) is 35.3. The predicted octanol–water partition coefficient (Wildman–Crippen LogP) is 5.47. The van der Waals surface area contributed by atoms with E-state index in [4.69, 9.17) is 19.9 Å². The molecule has 2 aromatic carbocycles. The lowest BCUT2D eigenvalue weighted by molar-refractivity contribution is -0.115. The molecule has 232 valence electrons. The summed E-state index contributed by atoms with van der Waals surface area (Å²) in [4.78, 5) is 22.8. The van der Waals surface area contributed by atoms with Gasteiger partial charge in [0.25, 0.3) is 0 Å². The summed E-state index contributed by atoms with van der Waals surface area (Å²) in [6, 6.07) is 14.1. The van der Waals surface area contributed by atoms with Crippen LogP contribution in [0.2, 0.25) is 0 Å². The van der Waals surface area contributed by atoms with Crippen molar-refractivity contribution in [3.63, 3.8) is 0 Å². The number of carbonyl (C=O) groups is 1. The van der Waals surface area contributed by atoms with Gasteiger partial charge in [-0.3, -0.25) is 9.79 Å². The first-order valence-electron chi connectivity index (χ1n) is 13.7. The quantitative estimate of drug-likeness (QED) is 0.174. The summed E-state index contributed by atoms with van der Waals surface area (Å²) < 4.78 is 15.1. The monoisotopic (exact) mass is 618 g/mol. The van der Waals surface area contributed by atoms with Gasteiger partial charge in [-0.05, 0) is 53.2 Å². The highest BCUT2D eigenvalue weighted by Gasteiger charge is 2.55. The van der Waals surface area contributed by atoms with Crippen LogP contribution in [-0.4, -0.2) is 90.7 Å². The van der Waals surface area contributed by atoms with Crippen molar-refractivity contribution < 1.29 is 24.1 Å². The molecule has 2 fully saturated rings. The van der Waals surface area contributed by atoms with Crippen molar-refractivity contribution in [3.05, 3.63) is 59.7 Å². The Morgan fingerprint density at radius 1 is 1.10 bits per heavy atom. The Balaban J connectivity index is 0.000000244. The predicted molar refractivity (Wildman–Crippen MR) is 179 cm³/mol. The van der Waals surface area contributed by atoms with E-state index in [2.05, 4.69) is 35.1 Å². The molecule has 2 aromatic rings. The number of hydrogen-bond acceptors (Lipinski definition) is 8. The van der Waals surface area contributed by atoms with Gasteiger partial charge < -0.3 is 25.1 Å². The summed E-state index contributed by atoms with van der Waals surface area (Å²) in [7, 11) is 4.74. The number of amidine groups is 1. The molecule has 1 amide bonds. The number of thioether (sulfide) groups is 1. The van der Waals surface area contributed by atoms with Gasteiger partial charge in [0.15, 0.2) is 0 Å². The smallest absolute Gasteiger partial charge is 0.244 e. The van der Waals surface area contributed by atoms with Gasteiger partial charge in [0.1, 0.15) is 35.9 Å². The number of benzene rings is 2. The second-order valence-electron chi connectivity index (χ2n) is 10.1. The van der Waals surface area contributed by atoms with E-state index in [1.807, 2.05) is 36.6 Å². The number of hydrogen-bond donors (Lipinski definition) is 2. The lowest BCUT2D eigenvalue weighted by atomic mass is 10.1. The third-order valence-corrected chi connectivity index (χ3v) is 13.9. The third-order valence-electron chi connectivity index (χ3n) is 7.51. The number of rotatable bonds is 8. The fraction of sp³-hybridized carbons (Fsp3) is 0.484. The van der Waals surface area contributed by atoms with Crippen molar-refractivity contribution in [1.29, 1.82) is 0 Å². The molecule has 9 nitrogen and oxygen atoms in total. The van der Waals surface area contributed by atoms with Crippen molar-refractivity contribution in [2.45, 2.75) is 49.4 Å². The molecule has 2 unspecified atom stereocenters. The Morgan fingerprint density at radius 2 is 1.74 bits per heavy atom. The highest BCUT2D eigenvalue weighted by molar-refractivity contribution is 8.36. The standard InChI is InChI=1S/C14H20N2O4S.C9H10N2O.C8H16S/c1-15-13(14(21-4)16-8-20-9-18-2)10-5-11(17)7-12(6-10)19-3;1-7(12)11-9(10)8-5-3-2-4-6-8;1-6-4-8-5-7(2)9(6,8)3/h5-7,17H,8-9H2,1-4H3;2-6H,1H3,(H2,10,11,12);6-8H,4-5H2,1-3H3/b15-13?,16-14-;;. The van der Waals surface area contributed by atoms with Crippen molar-refractivity contribution in [2.24, 2.45) is 20.7 Å². The largest absolute Gasteiger partial charge is 0.508 e. The molecule has 2 heterocycles. The Morgan fingerprint density at radius 3 is 2.19 bits per heavy atom. The molecule has 0 aliphatic carbocycles. The number of nitrogens with zero attached hydrogens (tertiary/aromatic N) is 3. The normalized spacial score (nSPS) is 24.7. The van der Waals surface area contributed by atoms with E-state index in [-0.39, 0.29) is 41.0 Å². The summed E-state index contributed by atoms with van der Waals surface area (Å²) >= 11 is 1.45.